The van der Waals surface area contributed by atoms with Crippen molar-refractivity contribution < 1.29 is 18.0 Å². The Balaban J connectivity index is 1.27. The molecule has 1 aromatic carbocycles. The smallest absolute Gasteiger partial charge is 0.261 e. The predicted molar refractivity (Wildman–Crippen MR) is 120 cm³/mol. The fourth-order valence-corrected chi connectivity index (χ4v) is 3.99. The molecule has 0 saturated heterocycles. The molecule has 34 heavy (non-hydrogen) atoms. The van der Waals surface area contributed by atoms with Gasteiger partial charge in [0.25, 0.3) is 5.56 Å². The van der Waals surface area contributed by atoms with Crippen molar-refractivity contribution in [2.24, 2.45) is 0 Å². The summed E-state index contributed by atoms with van der Waals surface area (Å²) in [6.45, 7) is 0.0231. The zero-order chi connectivity index (χ0) is 23.7. The highest BCUT2D eigenvalue weighted by atomic mass is 19.2. The highest BCUT2D eigenvalue weighted by molar-refractivity contribution is 5.95. The van der Waals surface area contributed by atoms with E-state index in [0.717, 1.165) is 29.0 Å². The van der Waals surface area contributed by atoms with Crippen molar-refractivity contribution in [3.05, 3.63) is 123 Å². The lowest BCUT2D eigenvalue weighted by Crippen LogP contribution is -2.26. The average Bonchev–Trinajstić information content (AvgIpc) is 3.48. The minimum Gasteiger partial charge on any atom is -0.444 e. The van der Waals surface area contributed by atoms with Crippen LogP contribution in [-0.4, -0.2) is 20.3 Å². The topological polar surface area (TPSA) is 78.0 Å². The molecule has 0 aliphatic heterocycles. The molecule has 3 aromatic heterocycles. The number of carbonyl (C=O) groups excluding carboxylic acids is 1. The molecular weight excluding hydrogens is 440 g/mol. The summed E-state index contributed by atoms with van der Waals surface area (Å²) in [4.78, 5) is 34.4. The van der Waals surface area contributed by atoms with Crippen LogP contribution in [0.3, 0.4) is 0 Å². The molecule has 1 aliphatic carbocycles. The Morgan fingerprint density at radius 3 is 2.85 bits per heavy atom. The normalized spacial score (nSPS) is 12.5. The Kier molecular flexibility index (Phi) is 5.71. The summed E-state index contributed by atoms with van der Waals surface area (Å²) in [7, 11) is 0. The van der Waals surface area contributed by atoms with Gasteiger partial charge in [0.2, 0.25) is 5.89 Å². The van der Waals surface area contributed by atoms with Gasteiger partial charge in [0.15, 0.2) is 17.4 Å². The van der Waals surface area contributed by atoms with Gasteiger partial charge >= 0.3 is 0 Å². The molecule has 0 radical (unpaired) electrons. The van der Waals surface area contributed by atoms with Crippen molar-refractivity contribution in [3.8, 4) is 0 Å². The molecule has 0 N–H and O–H groups in total. The number of hydrogen-bond acceptors (Lipinski definition) is 5. The molecule has 4 aromatic rings. The highest BCUT2D eigenvalue weighted by Crippen LogP contribution is 2.30. The van der Waals surface area contributed by atoms with Crippen LogP contribution in [0.5, 0.6) is 0 Å². The van der Waals surface area contributed by atoms with Gasteiger partial charge in [-0.05, 0) is 35.9 Å². The molecule has 8 heteroatoms. The van der Waals surface area contributed by atoms with Gasteiger partial charge in [-0.2, -0.15) is 0 Å². The van der Waals surface area contributed by atoms with Crippen LogP contribution in [0, 0.1) is 11.6 Å². The summed E-state index contributed by atoms with van der Waals surface area (Å²) in [6.07, 6.45) is 7.89. The summed E-state index contributed by atoms with van der Waals surface area (Å²) in [5.74, 6) is -1.80. The minimum atomic E-state index is -0.988. The first-order valence-electron chi connectivity index (χ1n) is 10.8. The molecular formula is C26H19F2N3O3. The Morgan fingerprint density at radius 2 is 2.00 bits per heavy atom. The van der Waals surface area contributed by atoms with E-state index >= 15 is 0 Å². The van der Waals surface area contributed by atoms with Crippen molar-refractivity contribution in [1.29, 1.82) is 0 Å². The van der Waals surface area contributed by atoms with Crippen molar-refractivity contribution in [2.45, 2.75) is 25.8 Å². The van der Waals surface area contributed by atoms with E-state index in [4.69, 9.17) is 4.42 Å². The van der Waals surface area contributed by atoms with Crippen LogP contribution in [0.25, 0.3) is 5.57 Å². The Bertz CT molecular complexity index is 1490. The van der Waals surface area contributed by atoms with Crippen LogP contribution in [0.1, 0.15) is 45.2 Å². The number of ketones is 1. The van der Waals surface area contributed by atoms with Crippen LogP contribution in [0.15, 0.2) is 76.4 Å². The molecule has 0 atom stereocenters. The van der Waals surface area contributed by atoms with Crippen LogP contribution >= 0.6 is 0 Å². The minimum absolute atomic E-state index is 0.0231. The number of rotatable bonds is 7. The molecule has 1 aliphatic rings. The number of fused-ring (bicyclic) bond motifs is 1. The summed E-state index contributed by atoms with van der Waals surface area (Å²) >= 11 is 0. The molecule has 0 fully saturated rings. The standard InChI is InChI=1S/C26H19F2N3O3/c27-21-8-5-16(13-22(21)28)14-31-12-2-4-20(26(31)33)24(32)10-6-17-15-34-25(30-17)19-7-9-23-18(19)3-1-11-29-23/h1-5,7-8,11-13,15H,6,9-10,14H2. The van der Waals surface area contributed by atoms with E-state index in [1.54, 1.807) is 12.3 Å². The van der Waals surface area contributed by atoms with Crippen LogP contribution in [0.2, 0.25) is 0 Å². The number of halogens is 2. The van der Waals surface area contributed by atoms with Crippen molar-refractivity contribution in [2.75, 3.05) is 0 Å². The maximum absolute atomic E-state index is 13.5. The first kappa shape index (κ1) is 21.6. The number of Topliss-reactive ketones (excluding diaryl/α,β-unsaturated/α-hetero) is 1. The third-order valence-electron chi connectivity index (χ3n) is 5.73. The maximum Gasteiger partial charge on any atom is 0.261 e. The number of pyridine rings is 2. The fourth-order valence-electron chi connectivity index (χ4n) is 3.99. The molecule has 5 rings (SSSR count). The molecule has 3 heterocycles. The van der Waals surface area contributed by atoms with Gasteiger partial charge in [0, 0.05) is 42.8 Å². The molecule has 0 bridgehead atoms. The van der Waals surface area contributed by atoms with E-state index in [-0.39, 0.29) is 24.3 Å². The van der Waals surface area contributed by atoms with E-state index in [9.17, 15) is 18.4 Å². The van der Waals surface area contributed by atoms with Crippen LogP contribution in [0.4, 0.5) is 8.78 Å². The second kappa shape index (κ2) is 8.97. The lowest BCUT2D eigenvalue weighted by molar-refractivity contribution is 0.0980. The van der Waals surface area contributed by atoms with E-state index in [2.05, 4.69) is 9.97 Å². The van der Waals surface area contributed by atoms with Crippen molar-refractivity contribution >= 4 is 11.4 Å². The molecule has 0 amide bonds. The van der Waals surface area contributed by atoms with Gasteiger partial charge in [-0.15, -0.1) is 0 Å². The third kappa shape index (κ3) is 4.22. The largest absolute Gasteiger partial charge is 0.444 e. The number of hydrogen-bond donors (Lipinski definition) is 0. The van der Waals surface area contributed by atoms with Gasteiger partial charge in [-0.3, -0.25) is 14.6 Å². The fraction of sp³-hybridized carbons (Fsp3) is 0.154. The Morgan fingerprint density at radius 1 is 1.12 bits per heavy atom. The second-order valence-corrected chi connectivity index (χ2v) is 7.99. The van der Waals surface area contributed by atoms with Crippen molar-refractivity contribution in [1.82, 2.24) is 14.5 Å². The van der Waals surface area contributed by atoms with E-state index in [1.165, 1.54) is 29.2 Å². The first-order chi connectivity index (χ1) is 16.5. The monoisotopic (exact) mass is 459 g/mol. The molecule has 0 unspecified atom stereocenters. The van der Waals surface area contributed by atoms with Gasteiger partial charge in [-0.25, -0.2) is 13.8 Å². The van der Waals surface area contributed by atoms with Gasteiger partial charge < -0.3 is 8.98 Å². The number of aromatic nitrogens is 3. The quantitative estimate of drug-likeness (QED) is 0.384. The number of nitrogens with zero attached hydrogens (tertiary/aromatic N) is 3. The van der Waals surface area contributed by atoms with E-state index in [1.807, 2.05) is 18.2 Å². The highest BCUT2D eigenvalue weighted by Gasteiger charge is 2.21. The zero-order valence-corrected chi connectivity index (χ0v) is 18.0. The predicted octanol–water partition coefficient (Wildman–Crippen LogP) is 4.36. The SMILES string of the molecule is O=C(CCc1coc(C2=CCc3ncccc32)n1)c1cccn(Cc2ccc(F)c(F)c2)c1=O. The summed E-state index contributed by atoms with van der Waals surface area (Å²) in [5.41, 5.74) is 3.40. The van der Waals surface area contributed by atoms with Crippen molar-refractivity contribution in [3.63, 3.8) is 0 Å². The molecule has 0 spiro atoms. The average molecular weight is 459 g/mol. The maximum atomic E-state index is 13.5. The number of allylic oxidation sites excluding steroid dienone is 1. The number of aryl methyl sites for hydroxylation is 1. The zero-order valence-electron chi connectivity index (χ0n) is 18.0. The lowest BCUT2D eigenvalue weighted by Gasteiger charge is -2.08. The van der Waals surface area contributed by atoms with E-state index < -0.39 is 17.2 Å². The van der Waals surface area contributed by atoms with Gasteiger partial charge in [0.1, 0.15) is 6.26 Å². The second-order valence-electron chi connectivity index (χ2n) is 7.99. The number of carbonyl (C=O) groups is 1. The van der Waals surface area contributed by atoms with Gasteiger partial charge in [0.05, 0.1) is 23.5 Å². The third-order valence-corrected chi connectivity index (χ3v) is 5.73. The van der Waals surface area contributed by atoms with Gasteiger partial charge in [-0.1, -0.05) is 18.2 Å². The van der Waals surface area contributed by atoms with Crippen LogP contribution < -0.4 is 5.56 Å². The number of oxazole rings is 1. The van der Waals surface area contributed by atoms with Crippen LogP contribution in [-0.2, 0) is 19.4 Å². The Labute approximate surface area is 193 Å². The number of benzene rings is 1. The molecule has 6 nitrogen and oxygen atoms in total. The molecule has 0 saturated carbocycles. The first-order valence-corrected chi connectivity index (χ1v) is 10.8. The van der Waals surface area contributed by atoms with E-state index in [0.29, 0.717) is 30.0 Å². The summed E-state index contributed by atoms with van der Waals surface area (Å²) < 4.78 is 33.6. The Hall–Kier alpha value is -4.20. The molecule has 170 valence electrons. The summed E-state index contributed by atoms with van der Waals surface area (Å²) in [6, 6.07) is 10.3. The summed E-state index contributed by atoms with van der Waals surface area (Å²) in [5, 5.41) is 0. The lowest BCUT2D eigenvalue weighted by atomic mass is 10.1.